The maximum absolute atomic E-state index is 14.7. The third kappa shape index (κ3) is 4.39. The molecule has 2 heterocycles. The van der Waals surface area contributed by atoms with Crippen LogP contribution < -0.4 is 11.1 Å². The summed E-state index contributed by atoms with van der Waals surface area (Å²) in [6.45, 7) is 2.64. The van der Waals surface area contributed by atoms with Crippen LogP contribution in [-0.2, 0) is 14.3 Å². The third-order valence-corrected chi connectivity index (χ3v) is 4.19. The van der Waals surface area contributed by atoms with Gasteiger partial charge in [0.2, 0.25) is 5.85 Å². The molecule has 0 saturated carbocycles. The summed E-state index contributed by atoms with van der Waals surface area (Å²) in [4.78, 5) is 24.4. The molecule has 9 nitrogen and oxygen atoms in total. The summed E-state index contributed by atoms with van der Waals surface area (Å²) in [5.41, 5.74) is 5.61. The molecule has 2 aliphatic rings. The van der Waals surface area contributed by atoms with Crippen molar-refractivity contribution in [3.8, 4) is 0 Å². The van der Waals surface area contributed by atoms with Gasteiger partial charge >= 0.3 is 12.0 Å². The van der Waals surface area contributed by atoms with Crippen LogP contribution in [0.3, 0.4) is 0 Å². The van der Waals surface area contributed by atoms with Crippen LogP contribution in [0.1, 0.15) is 20.3 Å². The van der Waals surface area contributed by atoms with Gasteiger partial charge in [-0.3, -0.25) is 9.69 Å². The standard InChI is InChI=1S/C14H21ClFN3O6/c1-6(2)9(17)12(22)24-5-14(16)3-8(20)11(25-14)19-4-7(15)10(21)18-13(19)23/h4,6,8-11,20-21H,3,5,17H2,1-2H3,(H,18,23)/t8-,9+,10?,11-,14+/m1/s1. The highest BCUT2D eigenvalue weighted by atomic mass is 35.5. The van der Waals surface area contributed by atoms with Crippen LogP contribution in [0, 0.1) is 5.92 Å². The van der Waals surface area contributed by atoms with E-state index < -0.39 is 55.5 Å². The molecular weight excluding hydrogens is 361 g/mol. The largest absolute Gasteiger partial charge is 0.458 e. The van der Waals surface area contributed by atoms with Gasteiger partial charge in [0.25, 0.3) is 0 Å². The summed E-state index contributed by atoms with van der Waals surface area (Å²) >= 11 is 5.73. The monoisotopic (exact) mass is 381 g/mol. The fourth-order valence-corrected chi connectivity index (χ4v) is 2.51. The molecule has 25 heavy (non-hydrogen) atoms. The number of esters is 1. The van der Waals surface area contributed by atoms with Crippen molar-refractivity contribution in [2.75, 3.05) is 6.61 Å². The van der Waals surface area contributed by atoms with Crippen LogP contribution in [0.2, 0.25) is 0 Å². The predicted octanol–water partition coefficient (Wildman–Crippen LogP) is -0.290. The molecule has 0 bridgehead atoms. The first kappa shape index (κ1) is 19.9. The average Bonchev–Trinajstić information content (AvgIpc) is 2.83. The van der Waals surface area contributed by atoms with Gasteiger partial charge in [0.05, 0.1) is 5.03 Å². The molecule has 0 aromatic rings. The number of carbonyl (C=O) groups excluding carboxylic acids is 2. The molecule has 0 aromatic heterocycles. The van der Waals surface area contributed by atoms with E-state index in [-0.39, 0.29) is 11.0 Å². The molecule has 0 radical (unpaired) electrons. The van der Waals surface area contributed by atoms with Crippen molar-refractivity contribution in [1.29, 1.82) is 0 Å². The van der Waals surface area contributed by atoms with Crippen molar-refractivity contribution < 1.29 is 33.7 Å². The van der Waals surface area contributed by atoms with E-state index in [0.717, 1.165) is 11.1 Å². The fraction of sp³-hybridized carbons (Fsp3) is 0.714. The lowest BCUT2D eigenvalue weighted by Crippen LogP contribution is -2.53. The number of alkyl halides is 1. The van der Waals surface area contributed by atoms with Crippen molar-refractivity contribution in [2.45, 2.75) is 50.7 Å². The van der Waals surface area contributed by atoms with Gasteiger partial charge in [-0.1, -0.05) is 25.4 Å². The van der Waals surface area contributed by atoms with Crippen molar-refractivity contribution in [1.82, 2.24) is 10.2 Å². The highest BCUT2D eigenvalue weighted by Gasteiger charge is 2.51. The van der Waals surface area contributed by atoms with E-state index in [4.69, 9.17) is 26.8 Å². The maximum atomic E-state index is 14.7. The molecule has 0 spiro atoms. The lowest BCUT2D eigenvalue weighted by atomic mass is 10.1. The first-order valence-corrected chi connectivity index (χ1v) is 8.03. The van der Waals surface area contributed by atoms with Crippen LogP contribution in [0.4, 0.5) is 9.18 Å². The number of urea groups is 1. The van der Waals surface area contributed by atoms with Crippen molar-refractivity contribution in [3.63, 3.8) is 0 Å². The molecule has 2 amide bonds. The summed E-state index contributed by atoms with van der Waals surface area (Å²) in [7, 11) is 0. The molecule has 11 heteroatoms. The van der Waals surface area contributed by atoms with E-state index >= 15 is 0 Å². The predicted molar refractivity (Wildman–Crippen MR) is 83.4 cm³/mol. The highest BCUT2D eigenvalue weighted by Crippen LogP contribution is 2.35. The van der Waals surface area contributed by atoms with Crippen molar-refractivity contribution in [3.05, 3.63) is 11.2 Å². The Kier molecular flexibility index (Phi) is 5.89. The Bertz CT molecular complexity index is 577. The number of amides is 2. The smallest absolute Gasteiger partial charge is 0.325 e. The van der Waals surface area contributed by atoms with Crippen molar-refractivity contribution in [2.24, 2.45) is 11.7 Å². The number of aliphatic hydroxyl groups excluding tert-OH is 2. The molecule has 1 saturated heterocycles. The maximum Gasteiger partial charge on any atom is 0.325 e. The lowest BCUT2D eigenvalue weighted by Gasteiger charge is -2.32. The number of hydrogen-bond acceptors (Lipinski definition) is 7. The minimum Gasteiger partial charge on any atom is -0.458 e. The summed E-state index contributed by atoms with van der Waals surface area (Å²) < 4.78 is 24.6. The molecule has 1 fully saturated rings. The summed E-state index contributed by atoms with van der Waals surface area (Å²) in [5, 5.41) is 21.4. The Morgan fingerprint density at radius 3 is 2.88 bits per heavy atom. The van der Waals surface area contributed by atoms with E-state index in [1.165, 1.54) is 0 Å². The minimum atomic E-state index is -2.49. The van der Waals surface area contributed by atoms with Crippen LogP contribution in [0.25, 0.3) is 0 Å². The molecule has 2 rings (SSSR count). The molecule has 5 atom stereocenters. The van der Waals surface area contributed by atoms with Gasteiger partial charge in [0, 0.05) is 12.6 Å². The molecule has 142 valence electrons. The number of aliphatic hydroxyl groups is 2. The highest BCUT2D eigenvalue weighted by molar-refractivity contribution is 6.30. The first-order chi connectivity index (χ1) is 11.5. The average molecular weight is 382 g/mol. The lowest BCUT2D eigenvalue weighted by molar-refractivity contribution is -0.198. The van der Waals surface area contributed by atoms with E-state index in [1.807, 2.05) is 0 Å². The van der Waals surface area contributed by atoms with Crippen LogP contribution in [-0.4, -0.2) is 64.2 Å². The Morgan fingerprint density at radius 2 is 2.28 bits per heavy atom. The minimum absolute atomic E-state index is 0.138. The number of carbonyl (C=O) groups is 2. The number of ether oxygens (including phenoxy) is 2. The fourth-order valence-electron chi connectivity index (χ4n) is 2.35. The van der Waals surface area contributed by atoms with E-state index in [1.54, 1.807) is 13.8 Å². The number of hydrogen-bond donors (Lipinski definition) is 4. The normalized spacial score (nSPS) is 33.9. The second-order valence-corrected chi connectivity index (χ2v) is 6.75. The second kappa shape index (κ2) is 7.42. The topological polar surface area (TPSA) is 134 Å². The van der Waals surface area contributed by atoms with E-state index in [9.17, 15) is 24.2 Å². The quantitative estimate of drug-likeness (QED) is 0.481. The van der Waals surface area contributed by atoms with Crippen LogP contribution in [0.15, 0.2) is 11.2 Å². The summed E-state index contributed by atoms with van der Waals surface area (Å²) in [6, 6.07) is -1.74. The van der Waals surface area contributed by atoms with E-state index in [2.05, 4.69) is 5.32 Å². The Balaban J connectivity index is 2.02. The van der Waals surface area contributed by atoms with Gasteiger partial charge in [0.1, 0.15) is 12.1 Å². The van der Waals surface area contributed by atoms with Gasteiger partial charge in [-0.2, -0.15) is 0 Å². The van der Waals surface area contributed by atoms with Crippen LogP contribution in [0.5, 0.6) is 0 Å². The van der Waals surface area contributed by atoms with E-state index in [0.29, 0.717) is 0 Å². The Hall–Kier alpha value is -1.46. The Labute approximate surface area is 148 Å². The summed E-state index contributed by atoms with van der Waals surface area (Å²) in [6.07, 6.45) is -3.68. The molecule has 2 aliphatic heterocycles. The SMILES string of the molecule is CC(C)[C@H](N)C(=O)OC[C@]1(F)C[C@@H](O)[C@H](N2C=C(Cl)C(O)NC2=O)O1. The number of rotatable bonds is 5. The van der Waals surface area contributed by atoms with Crippen LogP contribution >= 0.6 is 11.6 Å². The van der Waals surface area contributed by atoms with Gasteiger partial charge in [0.15, 0.2) is 19.1 Å². The Morgan fingerprint density at radius 1 is 1.64 bits per heavy atom. The van der Waals surface area contributed by atoms with Gasteiger partial charge in [-0.05, 0) is 5.92 Å². The van der Waals surface area contributed by atoms with Gasteiger partial charge in [-0.25, -0.2) is 9.18 Å². The first-order valence-electron chi connectivity index (χ1n) is 7.65. The molecule has 0 aliphatic carbocycles. The summed E-state index contributed by atoms with van der Waals surface area (Å²) in [5.74, 6) is -3.48. The number of nitrogens with zero attached hydrogens (tertiary/aromatic N) is 1. The zero-order chi connectivity index (χ0) is 18.9. The van der Waals surface area contributed by atoms with Crippen molar-refractivity contribution >= 4 is 23.6 Å². The second-order valence-electron chi connectivity index (χ2n) is 6.31. The third-order valence-electron chi connectivity index (χ3n) is 3.89. The molecule has 1 unspecified atom stereocenters. The van der Waals surface area contributed by atoms with Gasteiger partial charge in [-0.15, -0.1) is 0 Å². The molecule has 5 N–H and O–H groups in total. The number of nitrogens with one attached hydrogen (secondary N) is 1. The number of nitrogens with two attached hydrogens (primary N) is 1. The number of halogens is 2. The molecular formula is C14H21ClFN3O6. The zero-order valence-electron chi connectivity index (χ0n) is 13.7. The molecule has 0 aromatic carbocycles. The van der Waals surface area contributed by atoms with Gasteiger partial charge < -0.3 is 30.7 Å². The zero-order valence-corrected chi connectivity index (χ0v) is 14.4.